The summed E-state index contributed by atoms with van der Waals surface area (Å²) in [6.07, 6.45) is 3.09. The Bertz CT molecular complexity index is 534. The Morgan fingerprint density at radius 2 is 1.75 bits per heavy atom. The number of methoxy groups -OCH3 is 2. The van der Waals surface area contributed by atoms with E-state index in [2.05, 4.69) is 15.3 Å². The largest absolute Gasteiger partial charge is 0.480 e. The van der Waals surface area contributed by atoms with Gasteiger partial charge < -0.3 is 14.8 Å². The van der Waals surface area contributed by atoms with E-state index in [9.17, 15) is 0 Å². The Morgan fingerprint density at radius 3 is 2.35 bits per heavy atom. The first-order valence-corrected chi connectivity index (χ1v) is 6.41. The van der Waals surface area contributed by atoms with Crippen molar-refractivity contribution in [2.24, 2.45) is 0 Å². The lowest BCUT2D eigenvalue weighted by molar-refractivity contribution is 0.0677. The third-order valence-electron chi connectivity index (χ3n) is 3.17. The van der Waals surface area contributed by atoms with Gasteiger partial charge in [0.1, 0.15) is 11.8 Å². The van der Waals surface area contributed by atoms with Crippen LogP contribution in [0.2, 0.25) is 0 Å². The number of hydrogen-bond acceptors (Lipinski definition) is 5. The molecule has 0 bridgehead atoms. The molecule has 1 heterocycles. The zero-order valence-corrected chi connectivity index (χ0v) is 11.9. The van der Waals surface area contributed by atoms with Crippen LogP contribution in [0.5, 0.6) is 5.88 Å². The van der Waals surface area contributed by atoms with Crippen LogP contribution in [-0.4, -0.2) is 31.2 Å². The Hall–Kier alpha value is -1.98. The van der Waals surface area contributed by atoms with E-state index in [-0.39, 0.29) is 12.1 Å². The van der Waals surface area contributed by atoms with Crippen LogP contribution in [0.15, 0.2) is 42.7 Å². The van der Waals surface area contributed by atoms with Gasteiger partial charge in [-0.25, -0.2) is 4.98 Å². The average Bonchev–Trinajstić information content (AvgIpc) is 2.53. The SMILES string of the molecule is CNC(c1nccnc1OC)C(OC)c1ccccc1. The standard InChI is InChI=1S/C15H19N3O2/c1-16-12(13-15(20-3)18-10-9-17-13)14(19-2)11-7-5-4-6-8-11/h4-10,12,14,16H,1-3H3. The summed E-state index contributed by atoms with van der Waals surface area (Å²) in [4.78, 5) is 8.58. The molecule has 0 radical (unpaired) electrons. The highest BCUT2D eigenvalue weighted by Gasteiger charge is 2.27. The van der Waals surface area contributed by atoms with Crippen LogP contribution in [0, 0.1) is 0 Å². The lowest BCUT2D eigenvalue weighted by atomic mass is 9.99. The molecule has 5 nitrogen and oxygen atoms in total. The van der Waals surface area contributed by atoms with Crippen LogP contribution in [-0.2, 0) is 4.74 Å². The molecule has 0 fully saturated rings. The monoisotopic (exact) mass is 273 g/mol. The summed E-state index contributed by atoms with van der Waals surface area (Å²) in [6.45, 7) is 0. The maximum Gasteiger partial charge on any atom is 0.237 e. The summed E-state index contributed by atoms with van der Waals surface area (Å²) >= 11 is 0. The van der Waals surface area contributed by atoms with E-state index >= 15 is 0 Å². The first-order valence-electron chi connectivity index (χ1n) is 6.41. The second-order valence-corrected chi connectivity index (χ2v) is 4.28. The molecule has 2 aromatic rings. The van der Waals surface area contributed by atoms with E-state index < -0.39 is 0 Å². The van der Waals surface area contributed by atoms with Gasteiger partial charge in [-0.1, -0.05) is 30.3 Å². The highest BCUT2D eigenvalue weighted by atomic mass is 16.5. The number of aromatic nitrogens is 2. The molecule has 2 atom stereocenters. The van der Waals surface area contributed by atoms with Gasteiger partial charge in [0.05, 0.1) is 13.2 Å². The third-order valence-corrected chi connectivity index (χ3v) is 3.17. The number of nitrogens with one attached hydrogen (secondary N) is 1. The Kier molecular flexibility index (Phi) is 5.03. The van der Waals surface area contributed by atoms with Crippen molar-refractivity contribution >= 4 is 0 Å². The van der Waals surface area contributed by atoms with Gasteiger partial charge in [0, 0.05) is 19.5 Å². The zero-order chi connectivity index (χ0) is 14.4. The molecule has 2 unspecified atom stereocenters. The molecule has 0 amide bonds. The van der Waals surface area contributed by atoms with E-state index in [1.54, 1.807) is 26.6 Å². The second-order valence-electron chi connectivity index (χ2n) is 4.28. The number of rotatable bonds is 6. The molecule has 0 saturated carbocycles. The summed E-state index contributed by atoms with van der Waals surface area (Å²) < 4.78 is 10.9. The molecule has 0 aliphatic rings. The average molecular weight is 273 g/mol. The third kappa shape index (κ3) is 2.95. The first-order chi connectivity index (χ1) is 9.81. The van der Waals surface area contributed by atoms with E-state index in [4.69, 9.17) is 9.47 Å². The highest BCUT2D eigenvalue weighted by Crippen LogP contribution is 2.33. The fourth-order valence-electron chi connectivity index (χ4n) is 2.25. The molecule has 20 heavy (non-hydrogen) atoms. The lowest BCUT2D eigenvalue weighted by Gasteiger charge is -2.26. The van der Waals surface area contributed by atoms with Crippen molar-refractivity contribution in [1.82, 2.24) is 15.3 Å². The van der Waals surface area contributed by atoms with Crippen molar-refractivity contribution in [3.63, 3.8) is 0 Å². The molecule has 1 N–H and O–H groups in total. The van der Waals surface area contributed by atoms with Crippen molar-refractivity contribution in [1.29, 1.82) is 0 Å². The minimum absolute atomic E-state index is 0.147. The van der Waals surface area contributed by atoms with Crippen molar-refractivity contribution < 1.29 is 9.47 Å². The lowest BCUT2D eigenvalue weighted by Crippen LogP contribution is -2.26. The minimum Gasteiger partial charge on any atom is -0.480 e. The van der Waals surface area contributed by atoms with Gasteiger partial charge in [-0.3, -0.25) is 4.98 Å². The van der Waals surface area contributed by atoms with Gasteiger partial charge in [0.25, 0.3) is 0 Å². The van der Waals surface area contributed by atoms with Crippen molar-refractivity contribution in [2.45, 2.75) is 12.1 Å². The molecule has 2 rings (SSSR count). The summed E-state index contributed by atoms with van der Waals surface area (Å²) in [6, 6.07) is 9.87. The summed E-state index contributed by atoms with van der Waals surface area (Å²) in [7, 11) is 5.14. The predicted octanol–water partition coefficient (Wildman–Crippen LogP) is 2.13. The minimum atomic E-state index is -0.174. The molecule has 0 saturated heterocycles. The van der Waals surface area contributed by atoms with Gasteiger partial charge in [-0.15, -0.1) is 0 Å². The molecule has 1 aromatic carbocycles. The topological polar surface area (TPSA) is 56.3 Å². The van der Waals surface area contributed by atoms with Crippen LogP contribution in [0.25, 0.3) is 0 Å². The van der Waals surface area contributed by atoms with E-state index in [1.165, 1.54) is 0 Å². The summed E-state index contributed by atoms with van der Waals surface area (Å²) in [5, 5.41) is 3.24. The Labute approximate surface area is 119 Å². The quantitative estimate of drug-likeness (QED) is 0.873. The van der Waals surface area contributed by atoms with E-state index in [0.29, 0.717) is 5.88 Å². The second kappa shape index (κ2) is 6.98. The van der Waals surface area contributed by atoms with E-state index in [0.717, 1.165) is 11.3 Å². The van der Waals surface area contributed by atoms with Crippen LogP contribution in [0.3, 0.4) is 0 Å². The normalized spacial score (nSPS) is 13.8. The number of ether oxygens (including phenoxy) is 2. The number of likely N-dealkylation sites (N-methyl/N-ethyl adjacent to an activating group) is 1. The number of nitrogens with zero attached hydrogens (tertiary/aromatic N) is 2. The molecule has 0 aliphatic carbocycles. The van der Waals surface area contributed by atoms with Crippen LogP contribution in [0.4, 0.5) is 0 Å². The van der Waals surface area contributed by atoms with Gasteiger partial charge in [-0.05, 0) is 12.6 Å². The fourth-order valence-corrected chi connectivity index (χ4v) is 2.25. The first kappa shape index (κ1) is 14.4. The molecule has 5 heteroatoms. The summed E-state index contributed by atoms with van der Waals surface area (Å²) in [5.74, 6) is 0.504. The van der Waals surface area contributed by atoms with Crippen LogP contribution >= 0.6 is 0 Å². The predicted molar refractivity (Wildman–Crippen MR) is 76.6 cm³/mol. The van der Waals surface area contributed by atoms with Crippen LogP contribution < -0.4 is 10.1 Å². The zero-order valence-electron chi connectivity index (χ0n) is 11.9. The molecule has 106 valence electrons. The fraction of sp³-hybridized carbons (Fsp3) is 0.333. The van der Waals surface area contributed by atoms with Crippen molar-refractivity contribution in [3.8, 4) is 5.88 Å². The maximum absolute atomic E-state index is 5.66. The van der Waals surface area contributed by atoms with E-state index in [1.807, 2.05) is 37.4 Å². The molecular formula is C15H19N3O2. The smallest absolute Gasteiger partial charge is 0.237 e. The summed E-state index contributed by atoms with van der Waals surface area (Å²) in [5.41, 5.74) is 1.80. The van der Waals surface area contributed by atoms with Gasteiger partial charge in [-0.2, -0.15) is 0 Å². The maximum atomic E-state index is 5.66. The van der Waals surface area contributed by atoms with Crippen LogP contribution in [0.1, 0.15) is 23.4 Å². The number of benzene rings is 1. The Balaban J connectivity index is 2.39. The molecule has 0 spiro atoms. The molecular weight excluding hydrogens is 254 g/mol. The van der Waals surface area contributed by atoms with Gasteiger partial charge in [0.15, 0.2) is 0 Å². The number of hydrogen-bond donors (Lipinski definition) is 1. The Morgan fingerprint density at radius 1 is 1.05 bits per heavy atom. The highest BCUT2D eigenvalue weighted by molar-refractivity contribution is 5.27. The van der Waals surface area contributed by atoms with Crippen molar-refractivity contribution in [2.75, 3.05) is 21.3 Å². The van der Waals surface area contributed by atoms with Crippen molar-refractivity contribution in [3.05, 3.63) is 54.0 Å². The van der Waals surface area contributed by atoms with Gasteiger partial charge in [0.2, 0.25) is 5.88 Å². The molecule has 0 aliphatic heterocycles. The molecule has 1 aromatic heterocycles. The van der Waals surface area contributed by atoms with Gasteiger partial charge >= 0.3 is 0 Å².